The third-order valence-corrected chi connectivity index (χ3v) is 10.2. The Balaban J connectivity index is 1.48. The van der Waals surface area contributed by atoms with Gasteiger partial charge in [-0.2, -0.15) is 0 Å². The first-order chi connectivity index (χ1) is 23.1. The van der Waals surface area contributed by atoms with E-state index in [9.17, 15) is 24.3 Å². The molecule has 3 heterocycles. The number of anilines is 1. The zero-order chi connectivity index (χ0) is 34.6. The lowest BCUT2D eigenvalue weighted by molar-refractivity contribution is -0.164. The van der Waals surface area contributed by atoms with Crippen molar-refractivity contribution in [2.24, 2.45) is 11.8 Å². The van der Waals surface area contributed by atoms with Crippen molar-refractivity contribution in [3.63, 3.8) is 0 Å². The largest absolute Gasteiger partial charge is 0.455 e. The number of likely N-dealkylation sites (tertiary alicyclic amines) is 1. The second-order valence-electron chi connectivity index (χ2n) is 12.7. The number of carbonyl (C=O) groups is 4. The number of benzene rings is 2. The van der Waals surface area contributed by atoms with Crippen LogP contribution >= 0.6 is 11.6 Å². The molecule has 48 heavy (non-hydrogen) atoms. The number of fused-ring (bicyclic) bond motifs is 1. The van der Waals surface area contributed by atoms with Crippen LogP contribution in [0.15, 0.2) is 79.9 Å². The number of esters is 1. The van der Waals surface area contributed by atoms with Crippen LogP contribution in [0.3, 0.4) is 0 Å². The van der Waals surface area contributed by atoms with E-state index in [4.69, 9.17) is 21.1 Å². The summed E-state index contributed by atoms with van der Waals surface area (Å²) in [5, 5.41) is 10.2. The number of nitrogens with zero attached hydrogens (tertiary/aromatic N) is 3. The molecular formula is C37H44ClN3O7. The minimum atomic E-state index is -1.25. The van der Waals surface area contributed by atoms with Gasteiger partial charge >= 0.3 is 5.97 Å². The summed E-state index contributed by atoms with van der Waals surface area (Å²) < 4.78 is 12.9. The summed E-state index contributed by atoms with van der Waals surface area (Å²) in [7, 11) is 1.68. The summed E-state index contributed by atoms with van der Waals surface area (Å²) >= 11 is 6.13. The number of hydrogen-bond acceptors (Lipinski definition) is 7. The molecule has 10 nitrogen and oxygen atoms in total. The van der Waals surface area contributed by atoms with Crippen molar-refractivity contribution in [2.45, 2.75) is 68.9 Å². The van der Waals surface area contributed by atoms with Gasteiger partial charge in [0, 0.05) is 43.9 Å². The summed E-state index contributed by atoms with van der Waals surface area (Å²) in [6.07, 6.45) is 3.77. The standard InChI is InChI=1S/C37H44ClN3O7/c1-5-7-14-29(43)39(4)24(3)32(25-12-9-8-10-13-25)47-36(46)30-28-19-20-37(48-28)31(30)34(44)41(22-11-23-42)33(37)35(45)40(21-6-2)27-17-15-26(38)16-18-27/h5-6,8-10,12-13,15-18,24,28,30-33,42H,1-2,7,11,14,19-23H2,3-4H3/t24-,28-,30+,31+,32+,33-,37+/m1/s1. The lowest BCUT2D eigenvalue weighted by Gasteiger charge is -2.37. The molecule has 0 unspecified atom stereocenters. The number of amides is 3. The predicted octanol–water partition coefficient (Wildman–Crippen LogP) is 4.71. The fourth-order valence-corrected chi connectivity index (χ4v) is 7.65. The number of halogens is 1. The van der Waals surface area contributed by atoms with Gasteiger partial charge in [0.15, 0.2) is 0 Å². The summed E-state index contributed by atoms with van der Waals surface area (Å²) in [5.41, 5.74) is 0.0300. The fourth-order valence-electron chi connectivity index (χ4n) is 7.53. The van der Waals surface area contributed by atoms with Gasteiger partial charge in [-0.15, -0.1) is 13.2 Å². The molecule has 1 N–H and O–H groups in total. The Morgan fingerprint density at radius 2 is 1.85 bits per heavy atom. The van der Waals surface area contributed by atoms with E-state index in [1.807, 2.05) is 37.3 Å². The number of hydrogen-bond donors (Lipinski definition) is 1. The molecule has 2 aromatic carbocycles. The van der Waals surface area contributed by atoms with Crippen LogP contribution in [-0.2, 0) is 28.7 Å². The maximum atomic E-state index is 14.6. The van der Waals surface area contributed by atoms with Crippen molar-refractivity contribution in [1.82, 2.24) is 9.80 Å². The van der Waals surface area contributed by atoms with Crippen molar-refractivity contribution in [1.29, 1.82) is 0 Å². The van der Waals surface area contributed by atoms with Crippen molar-refractivity contribution in [3.8, 4) is 0 Å². The molecule has 3 amide bonds. The topological polar surface area (TPSA) is 117 Å². The van der Waals surface area contributed by atoms with E-state index in [0.717, 1.165) is 0 Å². The first-order valence-corrected chi connectivity index (χ1v) is 16.9. The van der Waals surface area contributed by atoms with Crippen LogP contribution in [0.25, 0.3) is 0 Å². The van der Waals surface area contributed by atoms with Crippen molar-refractivity contribution in [3.05, 3.63) is 90.5 Å². The van der Waals surface area contributed by atoms with Crippen molar-refractivity contribution >= 4 is 41.0 Å². The van der Waals surface area contributed by atoms with Crippen LogP contribution in [0, 0.1) is 11.8 Å². The number of carbonyl (C=O) groups excluding carboxylic acids is 4. The SMILES string of the molecule is C=CCCC(=O)N(C)[C@H](C)[C@H](OC(=O)[C@@H]1[C@H]2C(=O)N(CCCO)[C@H](C(=O)N(CC=C)c3ccc(Cl)cc3)[C@]23CC[C@H]1O3)c1ccccc1. The van der Waals surface area contributed by atoms with Gasteiger partial charge in [-0.25, -0.2) is 0 Å². The van der Waals surface area contributed by atoms with Gasteiger partial charge in [0.25, 0.3) is 5.91 Å². The molecule has 0 radical (unpaired) electrons. The highest BCUT2D eigenvalue weighted by Gasteiger charge is 2.75. The first kappa shape index (κ1) is 35.3. The van der Waals surface area contributed by atoms with Crippen LogP contribution in [0.4, 0.5) is 5.69 Å². The molecule has 2 bridgehead atoms. The molecule has 2 aromatic rings. The minimum Gasteiger partial charge on any atom is -0.455 e. The number of likely N-dealkylation sites (N-methyl/N-ethyl adjacent to an activating group) is 1. The number of aliphatic hydroxyl groups is 1. The molecule has 0 aliphatic carbocycles. The van der Waals surface area contributed by atoms with Crippen LogP contribution in [0.2, 0.25) is 5.02 Å². The molecule has 3 saturated heterocycles. The Hall–Kier alpha value is -3.99. The zero-order valence-electron chi connectivity index (χ0n) is 27.5. The molecule has 0 aromatic heterocycles. The van der Waals surface area contributed by atoms with Crippen molar-refractivity contribution in [2.75, 3.05) is 31.6 Å². The van der Waals surface area contributed by atoms with Gasteiger partial charge in [-0.05, 0) is 62.4 Å². The summed E-state index contributed by atoms with van der Waals surface area (Å²) in [6.45, 7) is 9.47. The summed E-state index contributed by atoms with van der Waals surface area (Å²) in [6, 6.07) is 14.5. The Morgan fingerprint density at radius 3 is 2.50 bits per heavy atom. The Bertz CT molecular complexity index is 1520. The monoisotopic (exact) mass is 677 g/mol. The molecule has 0 saturated carbocycles. The average Bonchev–Trinajstić information content (AvgIpc) is 3.74. The lowest BCUT2D eigenvalue weighted by Crippen LogP contribution is -2.56. The van der Waals surface area contributed by atoms with E-state index in [2.05, 4.69) is 13.2 Å². The van der Waals surface area contributed by atoms with Gasteiger partial charge < -0.3 is 29.3 Å². The molecule has 1 spiro atoms. The highest BCUT2D eigenvalue weighted by molar-refractivity contribution is 6.30. The zero-order valence-corrected chi connectivity index (χ0v) is 28.3. The number of ether oxygens (including phenoxy) is 2. The normalized spacial score (nSPS) is 25.2. The van der Waals surface area contributed by atoms with Crippen LogP contribution in [-0.4, -0.2) is 89.1 Å². The van der Waals surface area contributed by atoms with Gasteiger partial charge in [-0.3, -0.25) is 19.2 Å². The molecule has 7 atom stereocenters. The maximum Gasteiger partial charge on any atom is 0.313 e. The van der Waals surface area contributed by atoms with Crippen molar-refractivity contribution < 1.29 is 33.8 Å². The smallest absolute Gasteiger partial charge is 0.313 e. The van der Waals surface area contributed by atoms with Gasteiger partial charge in [0.05, 0.1) is 24.0 Å². The van der Waals surface area contributed by atoms with E-state index in [-0.39, 0.29) is 50.3 Å². The van der Waals surface area contributed by atoms with E-state index in [1.165, 1.54) is 4.90 Å². The second-order valence-corrected chi connectivity index (χ2v) is 13.2. The molecule has 5 rings (SSSR count). The predicted molar refractivity (Wildman–Crippen MR) is 182 cm³/mol. The number of rotatable bonds is 15. The van der Waals surface area contributed by atoms with E-state index in [0.29, 0.717) is 35.5 Å². The average molecular weight is 678 g/mol. The highest BCUT2D eigenvalue weighted by Crippen LogP contribution is 2.59. The maximum absolute atomic E-state index is 14.6. The summed E-state index contributed by atoms with van der Waals surface area (Å²) in [5.74, 6) is -3.37. The Morgan fingerprint density at radius 1 is 1.15 bits per heavy atom. The van der Waals surface area contributed by atoms with Gasteiger partial charge in [0.1, 0.15) is 17.7 Å². The fraction of sp³-hybridized carbons (Fsp3) is 0.459. The van der Waals surface area contributed by atoms with Gasteiger partial charge in [-0.1, -0.05) is 54.1 Å². The molecule has 3 aliphatic heterocycles. The van der Waals surface area contributed by atoms with Gasteiger partial charge in [0.2, 0.25) is 11.8 Å². The molecular weight excluding hydrogens is 634 g/mol. The minimum absolute atomic E-state index is 0.113. The van der Waals surface area contributed by atoms with Crippen LogP contribution < -0.4 is 4.90 Å². The number of allylic oxidation sites excluding steroid dienone is 1. The van der Waals surface area contributed by atoms with E-state index in [1.54, 1.807) is 53.3 Å². The molecule has 11 heteroatoms. The Labute approximate surface area is 286 Å². The quantitative estimate of drug-likeness (QED) is 0.214. The first-order valence-electron chi connectivity index (χ1n) is 16.5. The molecule has 3 aliphatic rings. The molecule has 256 valence electrons. The molecule has 3 fully saturated rings. The third kappa shape index (κ3) is 6.53. The third-order valence-electron chi connectivity index (χ3n) is 9.96. The lowest BCUT2D eigenvalue weighted by atomic mass is 9.70. The second kappa shape index (κ2) is 15.1. The highest BCUT2D eigenvalue weighted by atomic mass is 35.5. The Kier molecular flexibility index (Phi) is 11.1. The van der Waals surface area contributed by atoms with E-state index >= 15 is 0 Å². The van der Waals surface area contributed by atoms with Crippen LogP contribution in [0.1, 0.15) is 50.7 Å². The van der Waals surface area contributed by atoms with E-state index < -0.39 is 47.7 Å². The summed E-state index contributed by atoms with van der Waals surface area (Å²) in [4.78, 5) is 60.8. The number of aliphatic hydroxyl groups excluding tert-OH is 1. The van der Waals surface area contributed by atoms with Crippen LogP contribution in [0.5, 0.6) is 0 Å².